The van der Waals surface area contributed by atoms with Gasteiger partial charge in [-0.15, -0.1) is 0 Å². The summed E-state index contributed by atoms with van der Waals surface area (Å²) in [6.45, 7) is 7.91. The first-order valence-electron chi connectivity index (χ1n) is 6.47. The molecule has 0 aromatic carbocycles. The van der Waals surface area contributed by atoms with E-state index in [4.69, 9.17) is 0 Å². The van der Waals surface area contributed by atoms with Gasteiger partial charge in [0, 0.05) is 12.6 Å². The lowest BCUT2D eigenvalue weighted by molar-refractivity contribution is -0.385. The third-order valence-corrected chi connectivity index (χ3v) is 2.70. The highest BCUT2D eigenvalue weighted by Crippen LogP contribution is 2.18. The maximum Gasteiger partial charge on any atom is 0.290 e. The van der Waals surface area contributed by atoms with Crippen molar-refractivity contribution < 1.29 is 9.72 Å². The van der Waals surface area contributed by atoms with Crippen molar-refractivity contribution in [3.63, 3.8) is 0 Å². The largest absolute Gasteiger partial charge is 0.359 e. The van der Waals surface area contributed by atoms with Crippen molar-refractivity contribution in [3.05, 3.63) is 27.9 Å². The molecule has 0 aliphatic heterocycles. The van der Waals surface area contributed by atoms with Crippen molar-refractivity contribution in [1.29, 1.82) is 0 Å². The average molecular weight is 280 g/mol. The fourth-order valence-corrected chi connectivity index (χ4v) is 1.57. The summed E-state index contributed by atoms with van der Waals surface area (Å²) in [5.74, 6) is 0.697. The van der Waals surface area contributed by atoms with Crippen LogP contribution in [0.2, 0.25) is 0 Å². The number of aromatic nitrogens is 1. The number of nitrogens with one attached hydrogen (secondary N) is 2. The summed E-state index contributed by atoms with van der Waals surface area (Å²) in [4.78, 5) is 26.1. The molecule has 0 spiro atoms. The van der Waals surface area contributed by atoms with Crippen LogP contribution >= 0.6 is 0 Å². The summed E-state index contributed by atoms with van der Waals surface area (Å²) in [7, 11) is 0. The van der Waals surface area contributed by atoms with Gasteiger partial charge in [-0.1, -0.05) is 13.8 Å². The van der Waals surface area contributed by atoms with Crippen LogP contribution in [0.4, 0.5) is 11.5 Å². The standard InChI is InChI=1S/C13H20N4O3/c1-8(2)7-14-13(18)10(4)16-12-6-5-11(17(19)20)9(3)15-12/h5-6,8,10H,7H2,1-4H3,(H,14,18)(H,15,16). The Hall–Kier alpha value is -2.18. The molecule has 0 aliphatic rings. The summed E-state index contributed by atoms with van der Waals surface area (Å²) in [6.07, 6.45) is 0. The Kier molecular flexibility index (Phi) is 5.42. The fraction of sp³-hybridized carbons (Fsp3) is 0.538. The molecule has 0 bridgehead atoms. The van der Waals surface area contributed by atoms with E-state index >= 15 is 0 Å². The van der Waals surface area contributed by atoms with Gasteiger partial charge in [0.2, 0.25) is 5.91 Å². The van der Waals surface area contributed by atoms with Gasteiger partial charge < -0.3 is 10.6 Å². The summed E-state index contributed by atoms with van der Waals surface area (Å²) in [5, 5.41) is 16.4. The van der Waals surface area contributed by atoms with E-state index in [1.165, 1.54) is 12.1 Å². The van der Waals surface area contributed by atoms with Crippen LogP contribution < -0.4 is 10.6 Å². The molecular weight excluding hydrogens is 260 g/mol. The van der Waals surface area contributed by atoms with E-state index < -0.39 is 11.0 Å². The SMILES string of the molecule is Cc1nc(NC(C)C(=O)NCC(C)C)ccc1[N+](=O)[O-]. The predicted molar refractivity (Wildman–Crippen MR) is 76.6 cm³/mol. The quantitative estimate of drug-likeness (QED) is 0.612. The normalized spacial score (nSPS) is 12.1. The summed E-state index contributed by atoms with van der Waals surface area (Å²) >= 11 is 0. The van der Waals surface area contributed by atoms with E-state index in [1.807, 2.05) is 13.8 Å². The van der Waals surface area contributed by atoms with Gasteiger partial charge in [0.15, 0.2) is 0 Å². The monoisotopic (exact) mass is 280 g/mol. The van der Waals surface area contributed by atoms with Gasteiger partial charge in [0.1, 0.15) is 17.6 Å². The van der Waals surface area contributed by atoms with Crippen LogP contribution in [0, 0.1) is 23.0 Å². The molecule has 7 nitrogen and oxygen atoms in total. The zero-order chi connectivity index (χ0) is 15.3. The van der Waals surface area contributed by atoms with E-state index in [-0.39, 0.29) is 11.6 Å². The van der Waals surface area contributed by atoms with E-state index in [0.29, 0.717) is 24.0 Å². The number of hydrogen-bond donors (Lipinski definition) is 2. The number of nitrogens with zero attached hydrogens (tertiary/aromatic N) is 2. The Balaban J connectivity index is 2.66. The van der Waals surface area contributed by atoms with E-state index in [2.05, 4.69) is 15.6 Å². The molecule has 1 heterocycles. The number of pyridine rings is 1. The molecule has 1 atom stereocenters. The average Bonchev–Trinajstić information content (AvgIpc) is 2.35. The van der Waals surface area contributed by atoms with Gasteiger partial charge in [-0.2, -0.15) is 0 Å². The van der Waals surface area contributed by atoms with Crippen LogP contribution in [0.3, 0.4) is 0 Å². The number of amides is 1. The molecule has 1 aromatic rings. The Morgan fingerprint density at radius 2 is 2.05 bits per heavy atom. The van der Waals surface area contributed by atoms with E-state index in [0.717, 1.165) is 0 Å². The second-order valence-electron chi connectivity index (χ2n) is 5.06. The van der Waals surface area contributed by atoms with E-state index in [1.54, 1.807) is 13.8 Å². The second kappa shape index (κ2) is 6.83. The Bertz CT molecular complexity index is 502. The van der Waals surface area contributed by atoms with Gasteiger partial charge in [0.25, 0.3) is 5.69 Å². The lowest BCUT2D eigenvalue weighted by Gasteiger charge is -2.15. The second-order valence-corrected chi connectivity index (χ2v) is 5.06. The molecule has 1 unspecified atom stereocenters. The van der Waals surface area contributed by atoms with Crippen LogP contribution in [0.5, 0.6) is 0 Å². The number of rotatable bonds is 6. The molecular formula is C13H20N4O3. The molecule has 20 heavy (non-hydrogen) atoms. The number of carbonyl (C=O) groups excluding carboxylic acids is 1. The molecule has 0 fully saturated rings. The number of aryl methyl sites for hydroxylation is 1. The highest BCUT2D eigenvalue weighted by atomic mass is 16.6. The highest BCUT2D eigenvalue weighted by molar-refractivity contribution is 5.83. The molecule has 0 aliphatic carbocycles. The van der Waals surface area contributed by atoms with Gasteiger partial charge in [-0.3, -0.25) is 14.9 Å². The van der Waals surface area contributed by atoms with Crippen molar-refractivity contribution in [3.8, 4) is 0 Å². The third-order valence-electron chi connectivity index (χ3n) is 2.70. The molecule has 1 aromatic heterocycles. The summed E-state index contributed by atoms with van der Waals surface area (Å²) in [5.41, 5.74) is 0.280. The lowest BCUT2D eigenvalue weighted by atomic mass is 10.2. The van der Waals surface area contributed by atoms with Crippen molar-refractivity contribution in [1.82, 2.24) is 10.3 Å². The predicted octanol–water partition coefficient (Wildman–Crippen LogP) is 1.87. The van der Waals surface area contributed by atoms with Crippen LogP contribution in [0.25, 0.3) is 0 Å². The Morgan fingerprint density at radius 1 is 1.40 bits per heavy atom. The van der Waals surface area contributed by atoms with Gasteiger partial charge in [-0.25, -0.2) is 4.98 Å². The number of hydrogen-bond acceptors (Lipinski definition) is 5. The van der Waals surface area contributed by atoms with E-state index in [9.17, 15) is 14.9 Å². The van der Waals surface area contributed by atoms with Gasteiger partial charge in [-0.05, 0) is 25.8 Å². The number of carbonyl (C=O) groups is 1. The Labute approximate surface area is 117 Å². The number of nitro groups is 1. The van der Waals surface area contributed by atoms with Crippen molar-refractivity contribution in [2.24, 2.45) is 5.92 Å². The van der Waals surface area contributed by atoms with Crippen molar-refractivity contribution in [2.75, 3.05) is 11.9 Å². The molecule has 110 valence electrons. The van der Waals surface area contributed by atoms with Crippen LogP contribution in [-0.4, -0.2) is 28.4 Å². The molecule has 0 saturated carbocycles. The maximum atomic E-state index is 11.8. The minimum absolute atomic E-state index is 0.0348. The van der Waals surface area contributed by atoms with Crippen LogP contribution in [0.1, 0.15) is 26.5 Å². The zero-order valence-corrected chi connectivity index (χ0v) is 12.1. The van der Waals surface area contributed by atoms with Gasteiger partial charge >= 0.3 is 0 Å². The van der Waals surface area contributed by atoms with Crippen LogP contribution in [0.15, 0.2) is 12.1 Å². The third kappa shape index (κ3) is 4.49. The smallest absolute Gasteiger partial charge is 0.290 e. The molecule has 0 saturated heterocycles. The molecule has 1 rings (SSSR count). The molecule has 2 N–H and O–H groups in total. The first-order valence-corrected chi connectivity index (χ1v) is 6.47. The molecule has 1 amide bonds. The Morgan fingerprint density at radius 3 is 2.55 bits per heavy atom. The lowest BCUT2D eigenvalue weighted by Crippen LogP contribution is -2.39. The topological polar surface area (TPSA) is 97.2 Å². The van der Waals surface area contributed by atoms with Crippen LogP contribution in [-0.2, 0) is 4.79 Å². The van der Waals surface area contributed by atoms with Crippen molar-refractivity contribution >= 4 is 17.4 Å². The minimum Gasteiger partial charge on any atom is -0.359 e. The summed E-state index contributed by atoms with van der Waals surface area (Å²) < 4.78 is 0. The minimum atomic E-state index is -0.481. The summed E-state index contributed by atoms with van der Waals surface area (Å²) in [6, 6.07) is 2.42. The first kappa shape index (κ1) is 15.9. The van der Waals surface area contributed by atoms with Gasteiger partial charge in [0.05, 0.1) is 4.92 Å². The maximum absolute atomic E-state index is 11.8. The zero-order valence-electron chi connectivity index (χ0n) is 12.1. The first-order chi connectivity index (χ1) is 9.31. The highest BCUT2D eigenvalue weighted by Gasteiger charge is 2.16. The number of anilines is 1. The van der Waals surface area contributed by atoms with Crippen molar-refractivity contribution in [2.45, 2.75) is 33.7 Å². The molecule has 7 heteroatoms. The molecule has 0 radical (unpaired) electrons. The fourth-order valence-electron chi connectivity index (χ4n) is 1.57.